The van der Waals surface area contributed by atoms with Gasteiger partial charge < -0.3 is 9.84 Å². The first-order chi connectivity index (χ1) is 9.02. The summed E-state index contributed by atoms with van der Waals surface area (Å²) in [4.78, 5) is 37.3. The van der Waals surface area contributed by atoms with Crippen LogP contribution in [0.4, 0.5) is 4.79 Å². The Morgan fingerprint density at radius 2 is 2.16 bits per heavy atom. The first-order valence-corrected chi connectivity index (χ1v) is 6.28. The molecule has 0 aromatic heterocycles. The third kappa shape index (κ3) is 1.61. The molecule has 0 bridgehead atoms. The van der Waals surface area contributed by atoms with Crippen LogP contribution in [0, 0.1) is 0 Å². The number of cyclic esters (lactones) is 1. The summed E-state index contributed by atoms with van der Waals surface area (Å²) < 4.78 is 4.81. The van der Waals surface area contributed by atoms with Crippen molar-refractivity contribution in [3.05, 3.63) is 10.7 Å². The summed E-state index contributed by atoms with van der Waals surface area (Å²) in [6.07, 6.45) is 0.433. The van der Waals surface area contributed by atoms with Crippen molar-refractivity contribution in [3.63, 3.8) is 0 Å². The normalized spacial score (nSPS) is 30.2. The Kier molecular flexibility index (Phi) is 2.67. The summed E-state index contributed by atoms with van der Waals surface area (Å²) in [7, 11) is 0. The van der Waals surface area contributed by atoms with Gasteiger partial charge in [0.1, 0.15) is 18.3 Å². The number of allylic oxidation sites excluding steroid dienone is 1. The van der Waals surface area contributed by atoms with Gasteiger partial charge in [0.05, 0.1) is 12.6 Å². The second-order valence-corrected chi connectivity index (χ2v) is 5.08. The van der Waals surface area contributed by atoms with E-state index in [0.29, 0.717) is 19.4 Å². The lowest BCUT2D eigenvalue weighted by atomic mass is 9.85. The van der Waals surface area contributed by atoms with Gasteiger partial charge in [0.25, 0.3) is 5.91 Å². The molecule has 2 saturated heterocycles. The van der Waals surface area contributed by atoms with E-state index in [1.54, 1.807) is 0 Å². The molecule has 19 heavy (non-hydrogen) atoms. The number of hydrogen-bond donors (Lipinski definition) is 1. The number of nitrogens with zero attached hydrogens (tertiary/aromatic N) is 2. The van der Waals surface area contributed by atoms with E-state index < -0.39 is 24.0 Å². The monoisotopic (exact) mass is 286 g/mol. The minimum absolute atomic E-state index is 0.160. The summed E-state index contributed by atoms with van der Waals surface area (Å²) in [5.41, 5.74) is -0.160. The Labute approximate surface area is 113 Å². The fourth-order valence-electron chi connectivity index (χ4n) is 2.83. The number of carbonyl (C=O) groups excluding carboxylic acids is 2. The molecule has 102 valence electrons. The molecular formula is C11H11ClN2O5. The molecule has 3 rings (SSSR count). The Bertz CT molecular complexity index is 517. The van der Waals surface area contributed by atoms with Crippen molar-refractivity contribution >= 4 is 29.6 Å². The quantitative estimate of drug-likeness (QED) is 0.740. The Hall–Kier alpha value is -1.76. The van der Waals surface area contributed by atoms with E-state index in [1.807, 2.05) is 0 Å². The van der Waals surface area contributed by atoms with Crippen molar-refractivity contribution in [2.75, 3.05) is 13.2 Å². The molecule has 3 aliphatic heterocycles. The Morgan fingerprint density at radius 3 is 2.74 bits per heavy atom. The standard InChI is InChI=1S/C11H11ClN2O5/c12-5-1-2-6-8(13-3-4-19-11(13)18)9(15)14(6)7(5)10(16)17/h6,8H,1-4H2,(H,16,17)/t6-,8+/m1/s1. The van der Waals surface area contributed by atoms with Gasteiger partial charge >= 0.3 is 12.1 Å². The first-order valence-electron chi connectivity index (χ1n) is 5.91. The van der Waals surface area contributed by atoms with Crippen LogP contribution in [0.5, 0.6) is 0 Å². The topological polar surface area (TPSA) is 87.1 Å². The number of amides is 2. The van der Waals surface area contributed by atoms with Gasteiger partial charge in [-0.05, 0) is 12.8 Å². The zero-order chi connectivity index (χ0) is 13.7. The highest BCUT2D eigenvalue weighted by molar-refractivity contribution is 6.32. The van der Waals surface area contributed by atoms with Crippen molar-refractivity contribution in [2.45, 2.75) is 24.9 Å². The lowest BCUT2D eigenvalue weighted by Crippen LogP contribution is -2.71. The zero-order valence-electron chi connectivity index (χ0n) is 9.84. The van der Waals surface area contributed by atoms with Crippen LogP contribution < -0.4 is 0 Å². The van der Waals surface area contributed by atoms with Crippen LogP contribution in [0.15, 0.2) is 10.7 Å². The van der Waals surface area contributed by atoms with Crippen LogP contribution >= 0.6 is 11.6 Å². The molecule has 2 amide bonds. The number of halogens is 1. The molecule has 0 unspecified atom stereocenters. The number of carbonyl (C=O) groups is 3. The molecule has 1 N–H and O–H groups in total. The molecule has 3 aliphatic rings. The molecule has 0 spiro atoms. The van der Waals surface area contributed by atoms with Crippen LogP contribution in [-0.2, 0) is 14.3 Å². The van der Waals surface area contributed by atoms with Crippen LogP contribution in [0.2, 0.25) is 0 Å². The predicted octanol–water partition coefficient (Wildman–Crippen LogP) is 0.347. The van der Waals surface area contributed by atoms with Gasteiger partial charge in [0, 0.05) is 5.03 Å². The number of carboxylic acid groups (broad SMARTS) is 1. The summed E-state index contributed by atoms with van der Waals surface area (Å²) in [5, 5.41) is 9.29. The molecule has 2 fully saturated rings. The maximum atomic E-state index is 12.1. The van der Waals surface area contributed by atoms with E-state index in [-0.39, 0.29) is 23.4 Å². The highest BCUT2D eigenvalue weighted by Gasteiger charge is 2.57. The van der Waals surface area contributed by atoms with Crippen molar-refractivity contribution in [2.24, 2.45) is 0 Å². The average Bonchev–Trinajstić information content (AvgIpc) is 2.76. The number of β-lactam (4-membered cyclic amide) rings is 1. The second-order valence-electron chi connectivity index (χ2n) is 4.63. The maximum Gasteiger partial charge on any atom is 0.410 e. The van der Waals surface area contributed by atoms with Crippen molar-refractivity contribution in [3.8, 4) is 0 Å². The lowest BCUT2D eigenvalue weighted by Gasteiger charge is -2.51. The van der Waals surface area contributed by atoms with Crippen molar-refractivity contribution < 1.29 is 24.2 Å². The molecule has 2 atom stereocenters. The molecular weight excluding hydrogens is 276 g/mol. The molecule has 0 radical (unpaired) electrons. The van der Waals surface area contributed by atoms with E-state index in [1.165, 1.54) is 9.80 Å². The number of ether oxygens (including phenoxy) is 1. The SMILES string of the molecule is O=C(O)C1=C(Cl)CC[C@@H]2[C@H](N3CCOC3=O)C(=O)N12. The summed E-state index contributed by atoms with van der Waals surface area (Å²) in [6, 6.07) is -0.930. The van der Waals surface area contributed by atoms with Gasteiger partial charge in [0.15, 0.2) is 0 Å². The third-order valence-corrected chi connectivity index (χ3v) is 4.04. The zero-order valence-corrected chi connectivity index (χ0v) is 10.6. The summed E-state index contributed by atoms with van der Waals surface area (Å²) in [5.74, 6) is -1.62. The summed E-state index contributed by atoms with van der Waals surface area (Å²) >= 11 is 5.87. The van der Waals surface area contributed by atoms with E-state index in [2.05, 4.69) is 0 Å². The fraction of sp³-hybridized carbons (Fsp3) is 0.545. The van der Waals surface area contributed by atoms with Gasteiger partial charge in [-0.3, -0.25) is 14.6 Å². The number of aliphatic carboxylic acids is 1. The van der Waals surface area contributed by atoms with Gasteiger partial charge in [-0.25, -0.2) is 9.59 Å². The first kappa shape index (κ1) is 12.3. The highest BCUT2D eigenvalue weighted by atomic mass is 35.5. The Morgan fingerprint density at radius 1 is 1.42 bits per heavy atom. The van der Waals surface area contributed by atoms with Crippen molar-refractivity contribution in [1.82, 2.24) is 9.80 Å². The third-order valence-electron chi connectivity index (χ3n) is 3.67. The number of rotatable bonds is 2. The Balaban J connectivity index is 1.88. The predicted molar refractivity (Wildman–Crippen MR) is 62.2 cm³/mol. The largest absolute Gasteiger partial charge is 0.477 e. The maximum absolute atomic E-state index is 12.1. The average molecular weight is 287 g/mol. The van der Waals surface area contributed by atoms with Gasteiger partial charge in [0.2, 0.25) is 0 Å². The van der Waals surface area contributed by atoms with Crippen LogP contribution in [-0.4, -0.2) is 58.1 Å². The fourth-order valence-corrected chi connectivity index (χ4v) is 3.12. The molecule has 0 aliphatic carbocycles. The number of hydrogen-bond acceptors (Lipinski definition) is 4. The molecule has 0 aromatic rings. The van der Waals surface area contributed by atoms with Crippen LogP contribution in [0.3, 0.4) is 0 Å². The van der Waals surface area contributed by atoms with Gasteiger partial charge in [-0.15, -0.1) is 0 Å². The summed E-state index contributed by atoms with van der Waals surface area (Å²) in [6.45, 7) is 0.622. The van der Waals surface area contributed by atoms with E-state index >= 15 is 0 Å². The van der Waals surface area contributed by atoms with Crippen LogP contribution in [0.1, 0.15) is 12.8 Å². The number of fused-ring (bicyclic) bond motifs is 1. The molecule has 0 saturated carbocycles. The van der Waals surface area contributed by atoms with E-state index in [4.69, 9.17) is 21.4 Å². The molecule has 7 nitrogen and oxygen atoms in total. The second kappa shape index (κ2) is 4.12. The molecule has 0 aromatic carbocycles. The van der Waals surface area contributed by atoms with Gasteiger partial charge in [-0.1, -0.05) is 11.6 Å². The lowest BCUT2D eigenvalue weighted by molar-refractivity contribution is -0.158. The number of carboxylic acids is 1. The van der Waals surface area contributed by atoms with E-state index in [9.17, 15) is 14.4 Å². The molecule has 8 heteroatoms. The minimum atomic E-state index is -1.22. The van der Waals surface area contributed by atoms with E-state index in [0.717, 1.165) is 0 Å². The van der Waals surface area contributed by atoms with Crippen molar-refractivity contribution in [1.29, 1.82) is 0 Å². The smallest absolute Gasteiger partial charge is 0.410 e. The van der Waals surface area contributed by atoms with Crippen LogP contribution in [0.25, 0.3) is 0 Å². The molecule has 3 heterocycles. The minimum Gasteiger partial charge on any atom is -0.477 e. The highest BCUT2D eigenvalue weighted by Crippen LogP contribution is 2.40. The van der Waals surface area contributed by atoms with Gasteiger partial charge in [-0.2, -0.15) is 0 Å².